The molecule has 0 N–H and O–H groups in total. The lowest BCUT2D eigenvalue weighted by Crippen LogP contribution is -2.32. The molecule has 0 atom stereocenters. The first-order valence-electron chi connectivity index (χ1n) is 6.30. The summed E-state index contributed by atoms with van der Waals surface area (Å²) < 4.78 is 0. The van der Waals surface area contributed by atoms with E-state index in [-0.39, 0.29) is 11.8 Å². The van der Waals surface area contributed by atoms with E-state index in [4.69, 9.17) is 0 Å². The molecular formula is C16H22N2O2. The fourth-order valence-electron chi connectivity index (χ4n) is 1.49. The Bertz CT molecular complexity index is 353. The van der Waals surface area contributed by atoms with Crippen LogP contribution >= 0.6 is 0 Å². The first kappa shape index (κ1) is 17.6. The molecule has 0 aromatic heterocycles. The van der Waals surface area contributed by atoms with Crippen molar-refractivity contribution in [3.05, 3.63) is 62.8 Å². The third kappa shape index (κ3) is 6.54. The molecule has 4 heteroatoms. The van der Waals surface area contributed by atoms with E-state index in [0.717, 1.165) is 0 Å². The van der Waals surface area contributed by atoms with Crippen LogP contribution in [0, 0.1) is 0 Å². The molecule has 0 fully saturated rings. The van der Waals surface area contributed by atoms with Crippen LogP contribution in [0.1, 0.15) is 0 Å². The van der Waals surface area contributed by atoms with Gasteiger partial charge in [0.05, 0.1) is 0 Å². The molecule has 0 aliphatic heterocycles. The number of nitrogens with zero attached hydrogens (tertiary/aromatic N) is 2. The van der Waals surface area contributed by atoms with E-state index in [1.165, 1.54) is 22.0 Å². The van der Waals surface area contributed by atoms with Crippen molar-refractivity contribution in [3.63, 3.8) is 0 Å². The number of rotatable bonds is 10. The highest BCUT2D eigenvalue weighted by Gasteiger charge is 2.10. The van der Waals surface area contributed by atoms with Gasteiger partial charge in [-0.2, -0.15) is 0 Å². The molecule has 0 aromatic rings. The molecule has 0 rings (SSSR count). The van der Waals surface area contributed by atoms with Gasteiger partial charge in [-0.25, -0.2) is 0 Å². The van der Waals surface area contributed by atoms with E-state index in [1.54, 1.807) is 24.3 Å². The Labute approximate surface area is 121 Å². The summed E-state index contributed by atoms with van der Waals surface area (Å²) in [6.07, 6.45) is 9.01. The van der Waals surface area contributed by atoms with E-state index in [2.05, 4.69) is 26.3 Å². The quantitative estimate of drug-likeness (QED) is 0.451. The highest BCUT2D eigenvalue weighted by atomic mass is 16.2. The van der Waals surface area contributed by atoms with Crippen molar-refractivity contribution < 1.29 is 9.59 Å². The van der Waals surface area contributed by atoms with Crippen LogP contribution < -0.4 is 0 Å². The number of amides is 2. The fourth-order valence-corrected chi connectivity index (χ4v) is 1.49. The summed E-state index contributed by atoms with van der Waals surface area (Å²) in [6.45, 7) is 16.0. The molecule has 0 radical (unpaired) electrons. The molecule has 0 spiro atoms. The lowest BCUT2D eigenvalue weighted by Gasteiger charge is -2.18. The minimum atomic E-state index is -0.254. The van der Waals surface area contributed by atoms with E-state index in [1.807, 2.05) is 0 Å². The maximum absolute atomic E-state index is 11.9. The van der Waals surface area contributed by atoms with Gasteiger partial charge in [0.25, 0.3) is 0 Å². The lowest BCUT2D eigenvalue weighted by molar-refractivity contribution is -0.127. The minimum Gasteiger partial charge on any atom is -0.332 e. The highest BCUT2D eigenvalue weighted by molar-refractivity contribution is 5.96. The van der Waals surface area contributed by atoms with Crippen LogP contribution in [0.2, 0.25) is 0 Å². The Morgan fingerprint density at radius 3 is 1.10 bits per heavy atom. The van der Waals surface area contributed by atoms with Crippen LogP contribution in [-0.2, 0) is 9.59 Å². The van der Waals surface area contributed by atoms with Crippen LogP contribution in [0.3, 0.4) is 0 Å². The predicted molar refractivity (Wildman–Crippen MR) is 83.1 cm³/mol. The number of hydrogen-bond acceptors (Lipinski definition) is 2. The zero-order valence-corrected chi connectivity index (χ0v) is 11.8. The van der Waals surface area contributed by atoms with Crippen molar-refractivity contribution in [1.29, 1.82) is 0 Å². The van der Waals surface area contributed by atoms with Crippen LogP contribution in [-0.4, -0.2) is 47.8 Å². The van der Waals surface area contributed by atoms with Crippen LogP contribution in [0.25, 0.3) is 0 Å². The summed E-state index contributed by atoms with van der Waals surface area (Å²) in [6, 6.07) is 0. The summed E-state index contributed by atoms with van der Waals surface area (Å²) in [5, 5.41) is 0. The molecular weight excluding hydrogens is 252 g/mol. The van der Waals surface area contributed by atoms with Gasteiger partial charge in [0, 0.05) is 38.3 Å². The van der Waals surface area contributed by atoms with Gasteiger partial charge in [0.15, 0.2) is 0 Å². The van der Waals surface area contributed by atoms with Gasteiger partial charge in [-0.15, -0.1) is 26.3 Å². The van der Waals surface area contributed by atoms with Crippen LogP contribution in [0.5, 0.6) is 0 Å². The third-order valence-corrected chi connectivity index (χ3v) is 2.39. The highest BCUT2D eigenvalue weighted by Crippen LogP contribution is 1.96. The molecule has 0 aromatic carbocycles. The fraction of sp³-hybridized carbons (Fsp3) is 0.250. The van der Waals surface area contributed by atoms with Gasteiger partial charge in [0.1, 0.15) is 0 Å². The van der Waals surface area contributed by atoms with Gasteiger partial charge in [-0.1, -0.05) is 24.3 Å². The van der Waals surface area contributed by atoms with E-state index < -0.39 is 0 Å². The van der Waals surface area contributed by atoms with Crippen LogP contribution in [0.15, 0.2) is 62.8 Å². The third-order valence-electron chi connectivity index (χ3n) is 2.39. The molecule has 0 saturated carbocycles. The molecule has 0 saturated heterocycles. The Morgan fingerprint density at radius 2 is 0.900 bits per heavy atom. The first-order chi connectivity index (χ1) is 9.60. The van der Waals surface area contributed by atoms with Crippen LogP contribution in [0.4, 0.5) is 0 Å². The second-order valence-electron chi connectivity index (χ2n) is 3.97. The summed E-state index contributed by atoms with van der Waals surface area (Å²) in [5.74, 6) is -0.509. The van der Waals surface area contributed by atoms with Crippen molar-refractivity contribution in [2.24, 2.45) is 0 Å². The Balaban J connectivity index is 4.71. The van der Waals surface area contributed by atoms with Crippen molar-refractivity contribution in [2.45, 2.75) is 0 Å². The number of hydrogen-bond donors (Lipinski definition) is 0. The molecule has 4 nitrogen and oxygen atoms in total. The van der Waals surface area contributed by atoms with Gasteiger partial charge in [0.2, 0.25) is 11.8 Å². The smallest absolute Gasteiger partial charge is 0.247 e. The summed E-state index contributed by atoms with van der Waals surface area (Å²) >= 11 is 0. The van der Waals surface area contributed by atoms with E-state index in [9.17, 15) is 9.59 Å². The summed E-state index contributed by atoms with van der Waals surface area (Å²) in [5.41, 5.74) is 0. The Hall–Kier alpha value is -2.36. The maximum Gasteiger partial charge on any atom is 0.247 e. The Kier molecular flexibility index (Phi) is 9.31. The van der Waals surface area contributed by atoms with Gasteiger partial charge < -0.3 is 9.80 Å². The van der Waals surface area contributed by atoms with Gasteiger partial charge >= 0.3 is 0 Å². The molecule has 0 aliphatic rings. The standard InChI is InChI=1S/C16H22N2O2/c1-5-11-17(12-6-2)15(19)9-10-16(20)18(13-7-3)14-8-4/h5-10H,1-4,11-14H2. The number of carbonyl (C=O) groups is 2. The number of carbonyl (C=O) groups excluding carboxylic acids is 2. The van der Waals surface area contributed by atoms with Crippen molar-refractivity contribution >= 4 is 11.8 Å². The molecule has 0 heterocycles. The Morgan fingerprint density at radius 1 is 0.650 bits per heavy atom. The maximum atomic E-state index is 11.9. The molecule has 2 amide bonds. The van der Waals surface area contributed by atoms with Gasteiger partial charge in [-0.05, 0) is 0 Å². The largest absolute Gasteiger partial charge is 0.332 e. The topological polar surface area (TPSA) is 40.6 Å². The summed E-state index contributed by atoms with van der Waals surface area (Å²) in [7, 11) is 0. The molecule has 0 bridgehead atoms. The molecule has 0 aliphatic carbocycles. The molecule has 0 unspecified atom stereocenters. The normalized spacial score (nSPS) is 9.80. The van der Waals surface area contributed by atoms with Crippen molar-refractivity contribution in [1.82, 2.24) is 9.80 Å². The lowest BCUT2D eigenvalue weighted by atomic mass is 10.3. The van der Waals surface area contributed by atoms with Crippen molar-refractivity contribution in [2.75, 3.05) is 26.2 Å². The van der Waals surface area contributed by atoms with E-state index >= 15 is 0 Å². The SMILES string of the molecule is C=CCN(CC=C)C(=O)C=CC(=O)N(CC=C)CC=C. The first-order valence-corrected chi connectivity index (χ1v) is 6.30. The predicted octanol–water partition coefficient (Wildman–Crippen LogP) is 1.94. The zero-order valence-electron chi connectivity index (χ0n) is 11.8. The van der Waals surface area contributed by atoms with Gasteiger partial charge in [-0.3, -0.25) is 9.59 Å². The second kappa shape index (κ2) is 10.6. The average molecular weight is 274 g/mol. The molecule has 20 heavy (non-hydrogen) atoms. The van der Waals surface area contributed by atoms with Crippen molar-refractivity contribution in [3.8, 4) is 0 Å². The molecule has 108 valence electrons. The zero-order chi connectivity index (χ0) is 15.4. The van der Waals surface area contributed by atoms with E-state index in [0.29, 0.717) is 26.2 Å². The second-order valence-corrected chi connectivity index (χ2v) is 3.97. The minimum absolute atomic E-state index is 0.254. The monoisotopic (exact) mass is 274 g/mol. The average Bonchev–Trinajstić information content (AvgIpc) is 2.44. The summed E-state index contributed by atoms with van der Waals surface area (Å²) in [4.78, 5) is 26.8.